The van der Waals surface area contributed by atoms with Crippen LogP contribution < -0.4 is 5.48 Å². The molecule has 4 aromatic rings. The van der Waals surface area contributed by atoms with Gasteiger partial charge in [0.25, 0.3) is 5.91 Å². The minimum atomic E-state index is -0.236. The molecule has 1 amide bonds. The Labute approximate surface area is 185 Å². The Hall–Kier alpha value is -3.42. The van der Waals surface area contributed by atoms with E-state index in [1.165, 1.54) is 17.3 Å². The zero-order chi connectivity index (χ0) is 21.5. The molecule has 0 spiro atoms. The van der Waals surface area contributed by atoms with E-state index in [4.69, 9.17) is 4.84 Å². The fourth-order valence-electron chi connectivity index (χ4n) is 3.00. The largest absolute Gasteiger partial charge is 0.272 e. The molecule has 0 fully saturated rings. The Morgan fingerprint density at radius 3 is 2.32 bits per heavy atom. The minimum Gasteiger partial charge on any atom is -0.272 e. The van der Waals surface area contributed by atoms with Crippen molar-refractivity contribution in [3.05, 3.63) is 96.1 Å². The Bertz CT molecular complexity index is 1130. The lowest BCUT2D eigenvalue weighted by Crippen LogP contribution is -2.25. The third-order valence-corrected chi connectivity index (χ3v) is 5.49. The van der Waals surface area contributed by atoms with E-state index in [2.05, 4.69) is 15.7 Å². The molecule has 0 aliphatic rings. The van der Waals surface area contributed by atoms with Gasteiger partial charge in [-0.25, -0.2) is 5.48 Å². The van der Waals surface area contributed by atoms with Gasteiger partial charge in [-0.1, -0.05) is 90.1 Å². The first kappa shape index (κ1) is 20.8. The van der Waals surface area contributed by atoms with Gasteiger partial charge in [-0.2, -0.15) is 0 Å². The summed E-state index contributed by atoms with van der Waals surface area (Å²) in [6.07, 6.45) is 0. The van der Waals surface area contributed by atoms with E-state index >= 15 is 0 Å². The van der Waals surface area contributed by atoms with E-state index in [0.717, 1.165) is 22.6 Å². The molecule has 1 aromatic heterocycles. The molecule has 3 aromatic carbocycles. The van der Waals surface area contributed by atoms with E-state index in [-0.39, 0.29) is 11.7 Å². The van der Waals surface area contributed by atoms with Gasteiger partial charge in [0.2, 0.25) is 0 Å². The van der Waals surface area contributed by atoms with Crippen LogP contribution in [0.4, 0.5) is 0 Å². The molecule has 31 heavy (non-hydrogen) atoms. The molecular formula is C24H22N4O2S. The van der Waals surface area contributed by atoms with Gasteiger partial charge in [-0.3, -0.25) is 14.2 Å². The molecule has 0 unspecified atom stereocenters. The van der Waals surface area contributed by atoms with Crippen LogP contribution in [0.3, 0.4) is 0 Å². The van der Waals surface area contributed by atoms with Crippen LogP contribution >= 0.6 is 11.8 Å². The fraction of sp³-hybridized carbons (Fsp3) is 0.125. The average Bonchev–Trinajstić information content (AvgIpc) is 3.23. The topological polar surface area (TPSA) is 69.0 Å². The smallest absolute Gasteiger partial charge is 0.254 e. The summed E-state index contributed by atoms with van der Waals surface area (Å²) in [6.45, 7) is 2.36. The number of aromatic nitrogens is 3. The number of nitrogens with one attached hydrogen (secondary N) is 1. The number of benzene rings is 3. The summed E-state index contributed by atoms with van der Waals surface area (Å²) in [4.78, 5) is 17.6. The first-order chi connectivity index (χ1) is 15.2. The number of hydrogen-bond donors (Lipinski definition) is 1. The van der Waals surface area contributed by atoms with Crippen LogP contribution in [0.25, 0.3) is 17.1 Å². The lowest BCUT2D eigenvalue weighted by Gasteiger charge is -2.10. The number of nitrogens with zero attached hydrogens (tertiary/aromatic N) is 3. The summed E-state index contributed by atoms with van der Waals surface area (Å²) in [5, 5.41) is 9.39. The van der Waals surface area contributed by atoms with Crippen LogP contribution in [0.1, 0.15) is 11.1 Å². The molecule has 0 atom stereocenters. The Kier molecular flexibility index (Phi) is 6.76. The third kappa shape index (κ3) is 5.39. The predicted molar refractivity (Wildman–Crippen MR) is 122 cm³/mol. The second kappa shape index (κ2) is 10.1. The summed E-state index contributed by atoms with van der Waals surface area (Å²) in [7, 11) is 0. The molecule has 0 aliphatic carbocycles. The molecule has 0 saturated heterocycles. The quantitative estimate of drug-likeness (QED) is 0.327. The van der Waals surface area contributed by atoms with Crippen molar-refractivity contribution >= 4 is 17.7 Å². The van der Waals surface area contributed by atoms with E-state index in [9.17, 15) is 4.79 Å². The Morgan fingerprint density at radius 1 is 0.935 bits per heavy atom. The van der Waals surface area contributed by atoms with Gasteiger partial charge in [0.15, 0.2) is 11.0 Å². The van der Waals surface area contributed by atoms with Crippen molar-refractivity contribution in [3.63, 3.8) is 0 Å². The standard InChI is InChI=1S/C24H22N4O2S/c1-18-12-14-20(15-13-18)23-25-26-24(28(23)21-10-6-3-7-11-21)31-17-22(29)27-30-16-19-8-4-2-5-9-19/h2-15H,16-17H2,1H3,(H,27,29). The second-order valence-corrected chi connectivity index (χ2v) is 7.87. The van der Waals surface area contributed by atoms with Crippen LogP contribution in [0, 0.1) is 6.92 Å². The fourth-order valence-corrected chi connectivity index (χ4v) is 3.74. The normalized spacial score (nSPS) is 10.7. The van der Waals surface area contributed by atoms with Crippen molar-refractivity contribution in [1.29, 1.82) is 0 Å². The van der Waals surface area contributed by atoms with Gasteiger partial charge >= 0.3 is 0 Å². The van der Waals surface area contributed by atoms with E-state index in [0.29, 0.717) is 11.8 Å². The van der Waals surface area contributed by atoms with Crippen molar-refractivity contribution in [1.82, 2.24) is 20.2 Å². The number of carbonyl (C=O) groups is 1. The van der Waals surface area contributed by atoms with Crippen LogP contribution in [0.2, 0.25) is 0 Å². The average molecular weight is 431 g/mol. The molecule has 6 nitrogen and oxygen atoms in total. The van der Waals surface area contributed by atoms with Gasteiger partial charge in [0, 0.05) is 11.3 Å². The lowest BCUT2D eigenvalue weighted by molar-refractivity contribution is -0.131. The number of rotatable bonds is 8. The monoisotopic (exact) mass is 430 g/mol. The first-order valence-corrected chi connectivity index (χ1v) is 10.8. The van der Waals surface area contributed by atoms with Crippen molar-refractivity contribution in [2.75, 3.05) is 5.75 Å². The van der Waals surface area contributed by atoms with E-state index in [1.54, 1.807) is 0 Å². The van der Waals surface area contributed by atoms with Crippen molar-refractivity contribution in [2.24, 2.45) is 0 Å². The summed E-state index contributed by atoms with van der Waals surface area (Å²) < 4.78 is 1.97. The summed E-state index contributed by atoms with van der Waals surface area (Å²) in [5.41, 5.74) is 6.55. The first-order valence-electron chi connectivity index (χ1n) is 9.86. The van der Waals surface area contributed by atoms with Gasteiger partial charge in [0.05, 0.1) is 12.4 Å². The van der Waals surface area contributed by atoms with Gasteiger partial charge in [-0.15, -0.1) is 10.2 Å². The van der Waals surface area contributed by atoms with Crippen molar-refractivity contribution in [3.8, 4) is 17.1 Å². The molecule has 0 saturated carbocycles. The number of carbonyl (C=O) groups excluding carboxylic acids is 1. The van der Waals surface area contributed by atoms with Crippen LogP contribution in [0.5, 0.6) is 0 Å². The maximum Gasteiger partial charge on any atom is 0.254 e. The third-order valence-electron chi connectivity index (χ3n) is 4.56. The summed E-state index contributed by atoms with van der Waals surface area (Å²) in [6, 6.07) is 27.7. The second-order valence-electron chi connectivity index (χ2n) is 6.93. The maximum atomic E-state index is 12.3. The van der Waals surface area contributed by atoms with Crippen LogP contribution in [-0.2, 0) is 16.2 Å². The number of amides is 1. The molecule has 7 heteroatoms. The number of thioether (sulfide) groups is 1. The summed E-state index contributed by atoms with van der Waals surface area (Å²) in [5.74, 6) is 0.656. The molecule has 1 N–H and O–H groups in total. The Morgan fingerprint density at radius 2 is 1.61 bits per heavy atom. The zero-order valence-corrected chi connectivity index (χ0v) is 17.9. The molecular weight excluding hydrogens is 408 g/mol. The highest BCUT2D eigenvalue weighted by Crippen LogP contribution is 2.28. The summed E-state index contributed by atoms with van der Waals surface area (Å²) >= 11 is 1.31. The lowest BCUT2D eigenvalue weighted by atomic mass is 10.1. The van der Waals surface area contributed by atoms with Crippen molar-refractivity contribution in [2.45, 2.75) is 18.7 Å². The van der Waals surface area contributed by atoms with Crippen LogP contribution in [0.15, 0.2) is 90.1 Å². The zero-order valence-electron chi connectivity index (χ0n) is 17.1. The highest BCUT2D eigenvalue weighted by molar-refractivity contribution is 7.99. The SMILES string of the molecule is Cc1ccc(-c2nnc(SCC(=O)NOCc3ccccc3)n2-c2ccccc2)cc1. The van der Waals surface area contributed by atoms with E-state index in [1.807, 2.05) is 96.4 Å². The van der Waals surface area contributed by atoms with Crippen molar-refractivity contribution < 1.29 is 9.63 Å². The Balaban J connectivity index is 1.46. The van der Waals surface area contributed by atoms with Gasteiger partial charge in [0.1, 0.15) is 0 Å². The molecule has 4 rings (SSSR count). The number of para-hydroxylation sites is 1. The number of hydroxylamine groups is 1. The molecule has 0 aliphatic heterocycles. The molecule has 0 bridgehead atoms. The van der Waals surface area contributed by atoms with E-state index < -0.39 is 0 Å². The van der Waals surface area contributed by atoms with Gasteiger partial charge < -0.3 is 0 Å². The molecule has 156 valence electrons. The molecule has 1 heterocycles. The number of hydrogen-bond acceptors (Lipinski definition) is 5. The minimum absolute atomic E-state index is 0.160. The van der Waals surface area contributed by atoms with Gasteiger partial charge in [-0.05, 0) is 24.6 Å². The highest BCUT2D eigenvalue weighted by Gasteiger charge is 2.17. The highest BCUT2D eigenvalue weighted by atomic mass is 32.2. The maximum absolute atomic E-state index is 12.3. The predicted octanol–water partition coefficient (Wildman–Crippen LogP) is 4.58. The molecule has 0 radical (unpaired) electrons. The van der Waals surface area contributed by atoms with Crippen LogP contribution in [-0.4, -0.2) is 26.4 Å². The number of aryl methyl sites for hydroxylation is 1.